The van der Waals surface area contributed by atoms with E-state index in [4.69, 9.17) is 10.5 Å². The summed E-state index contributed by atoms with van der Waals surface area (Å²) in [5.74, 6) is 0.844. The van der Waals surface area contributed by atoms with Crippen LogP contribution in [-0.4, -0.2) is 12.4 Å². The average molecular weight is 283 g/mol. The third kappa shape index (κ3) is 3.63. The van der Waals surface area contributed by atoms with Gasteiger partial charge in [-0.2, -0.15) is 0 Å². The molecule has 0 radical (unpaired) electrons. The van der Waals surface area contributed by atoms with Crippen molar-refractivity contribution >= 4 is 11.5 Å². The lowest BCUT2D eigenvalue weighted by Gasteiger charge is -2.11. The highest BCUT2D eigenvalue weighted by atomic mass is 16.5. The van der Waals surface area contributed by atoms with Crippen molar-refractivity contribution in [1.82, 2.24) is 0 Å². The summed E-state index contributed by atoms with van der Waals surface area (Å²) >= 11 is 0. The van der Waals surface area contributed by atoms with Crippen LogP contribution in [0.25, 0.3) is 0 Å². The zero-order chi connectivity index (χ0) is 15.2. The van der Waals surface area contributed by atoms with Crippen molar-refractivity contribution in [3.63, 3.8) is 0 Å². The van der Waals surface area contributed by atoms with Crippen LogP contribution in [-0.2, 0) is 6.42 Å². The van der Waals surface area contributed by atoms with Crippen LogP contribution in [0.4, 0.5) is 5.69 Å². The Labute approximate surface area is 125 Å². The summed E-state index contributed by atoms with van der Waals surface area (Å²) in [6.07, 6.45) is 1.76. The maximum atomic E-state index is 12.6. The molecule has 0 atom stereocenters. The zero-order valence-corrected chi connectivity index (χ0v) is 12.6. The number of nitrogen functional groups attached to an aromatic ring is 1. The predicted octanol–water partition coefficient (Wildman–Crippen LogP) is 3.85. The molecule has 0 aliphatic rings. The summed E-state index contributed by atoms with van der Waals surface area (Å²) in [7, 11) is 0. The molecule has 0 aliphatic carbocycles. The van der Waals surface area contributed by atoms with Gasteiger partial charge in [0.25, 0.3) is 0 Å². The van der Waals surface area contributed by atoms with E-state index in [0.29, 0.717) is 17.9 Å². The van der Waals surface area contributed by atoms with E-state index < -0.39 is 0 Å². The average Bonchev–Trinajstić information content (AvgIpc) is 2.52. The molecule has 2 rings (SSSR count). The van der Waals surface area contributed by atoms with Crippen molar-refractivity contribution in [3.05, 3.63) is 59.2 Å². The van der Waals surface area contributed by atoms with Crippen LogP contribution in [0.2, 0.25) is 0 Å². The summed E-state index contributed by atoms with van der Waals surface area (Å²) in [6.45, 7) is 4.80. The summed E-state index contributed by atoms with van der Waals surface area (Å²) in [6, 6.07) is 12.7. The lowest BCUT2D eigenvalue weighted by Crippen LogP contribution is -2.06. The monoisotopic (exact) mass is 283 g/mol. The van der Waals surface area contributed by atoms with E-state index in [1.165, 1.54) is 0 Å². The first kappa shape index (κ1) is 15.1. The maximum absolute atomic E-state index is 12.6. The lowest BCUT2D eigenvalue weighted by molar-refractivity contribution is 0.103. The van der Waals surface area contributed by atoms with Gasteiger partial charge in [0.1, 0.15) is 5.75 Å². The molecule has 2 aromatic carbocycles. The molecule has 0 spiro atoms. The van der Waals surface area contributed by atoms with E-state index in [0.717, 1.165) is 29.7 Å². The van der Waals surface area contributed by atoms with Crippen molar-refractivity contribution in [1.29, 1.82) is 0 Å². The Balaban J connectivity index is 2.30. The van der Waals surface area contributed by atoms with Crippen LogP contribution in [0.5, 0.6) is 5.75 Å². The van der Waals surface area contributed by atoms with Gasteiger partial charge in [-0.05, 0) is 60.9 Å². The van der Waals surface area contributed by atoms with Gasteiger partial charge >= 0.3 is 0 Å². The number of carbonyl (C=O) groups is 1. The molecule has 21 heavy (non-hydrogen) atoms. The molecule has 0 aliphatic heterocycles. The smallest absolute Gasteiger partial charge is 0.193 e. The summed E-state index contributed by atoms with van der Waals surface area (Å²) < 4.78 is 5.63. The molecule has 0 unspecified atom stereocenters. The highest BCUT2D eigenvalue weighted by molar-refractivity contribution is 6.10. The molecular formula is C18H21NO2. The first-order valence-corrected chi connectivity index (χ1v) is 7.31. The fraction of sp³-hybridized carbons (Fsp3) is 0.278. The molecule has 0 fully saturated rings. The molecule has 3 heteroatoms. The summed E-state index contributed by atoms with van der Waals surface area (Å²) in [4.78, 5) is 12.6. The number of benzene rings is 2. The van der Waals surface area contributed by atoms with Crippen molar-refractivity contribution in [2.24, 2.45) is 0 Å². The van der Waals surface area contributed by atoms with Crippen LogP contribution in [0.15, 0.2) is 42.5 Å². The first-order valence-electron chi connectivity index (χ1n) is 7.31. The van der Waals surface area contributed by atoms with E-state index in [2.05, 4.69) is 6.92 Å². The van der Waals surface area contributed by atoms with E-state index in [1.54, 1.807) is 24.3 Å². The molecule has 0 amide bonds. The number of aryl methyl sites for hydroxylation is 1. The Bertz CT molecular complexity index is 618. The van der Waals surface area contributed by atoms with Crippen molar-refractivity contribution in [2.75, 3.05) is 12.3 Å². The minimum absolute atomic E-state index is 0.0221. The second-order valence-corrected chi connectivity index (χ2v) is 4.97. The molecule has 0 bridgehead atoms. The molecule has 0 heterocycles. The summed E-state index contributed by atoms with van der Waals surface area (Å²) in [5, 5.41) is 0. The number of hydrogen-bond acceptors (Lipinski definition) is 3. The number of hydrogen-bond donors (Lipinski definition) is 1. The number of anilines is 1. The van der Waals surface area contributed by atoms with Crippen LogP contribution < -0.4 is 10.5 Å². The van der Waals surface area contributed by atoms with Gasteiger partial charge in [-0.25, -0.2) is 0 Å². The van der Waals surface area contributed by atoms with Crippen LogP contribution in [0.3, 0.4) is 0 Å². The van der Waals surface area contributed by atoms with Crippen LogP contribution in [0, 0.1) is 0 Å². The molecule has 2 aromatic rings. The maximum Gasteiger partial charge on any atom is 0.193 e. The molecule has 110 valence electrons. The molecule has 0 saturated heterocycles. The third-order valence-corrected chi connectivity index (χ3v) is 3.35. The molecular weight excluding hydrogens is 262 g/mol. The van der Waals surface area contributed by atoms with E-state index >= 15 is 0 Å². The zero-order valence-electron chi connectivity index (χ0n) is 12.6. The minimum Gasteiger partial charge on any atom is -0.494 e. The van der Waals surface area contributed by atoms with Gasteiger partial charge in [0.05, 0.1) is 6.61 Å². The quantitative estimate of drug-likeness (QED) is 0.647. The number of nitrogens with two attached hydrogens (primary N) is 1. The Kier molecular flexibility index (Phi) is 4.99. The number of carbonyl (C=O) groups excluding carboxylic acids is 1. The molecule has 0 saturated carbocycles. The first-order chi connectivity index (χ1) is 10.2. The fourth-order valence-corrected chi connectivity index (χ4v) is 2.18. The van der Waals surface area contributed by atoms with Gasteiger partial charge in [0.2, 0.25) is 0 Å². The molecule has 2 N–H and O–H groups in total. The van der Waals surface area contributed by atoms with Gasteiger partial charge in [-0.15, -0.1) is 0 Å². The number of ether oxygens (including phenoxy) is 1. The Morgan fingerprint density at radius 1 is 1.10 bits per heavy atom. The van der Waals surface area contributed by atoms with Gasteiger partial charge in [0, 0.05) is 16.8 Å². The SMILES string of the molecule is CCCOc1ccc(C(=O)c2ccc(N)cc2)c(CC)c1. The normalized spacial score (nSPS) is 10.4. The van der Waals surface area contributed by atoms with Gasteiger partial charge in [-0.1, -0.05) is 13.8 Å². The van der Waals surface area contributed by atoms with Gasteiger partial charge in [0.15, 0.2) is 5.78 Å². The summed E-state index contributed by atoms with van der Waals surface area (Å²) in [5.41, 5.74) is 8.70. The Hall–Kier alpha value is -2.29. The Morgan fingerprint density at radius 3 is 2.43 bits per heavy atom. The predicted molar refractivity (Wildman–Crippen MR) is 85.9 cm³/mol. The lowest BCUT2D eigenvalue weighted by atomic mass is 9.96. The van der Waals surface area contributed by atoms with Gasteiger partial charge < -0.3 is 10.5 Å². The van der Waals surface area contributed by atoms with E-state index in [-0.39, 0.29) is 5.78 Å². The third-order valence-electron chi connectivity index (χ3n) is 3.35. The van der Waals surface area contributed by atoms with Crippen molar-refractivity contribution < 1.29 is 9.53 Å². The van der Waals surface area contributed by atoms with E-state index in [9.17, 15) is 4.79 Å². The van der Waals surface area contributed by atoms with Crippen molar-refractivity contribution in [2.45, 2.75) is 26.7 Å². The van der Waals surface area contributed by atoms with Crippen LogP contribution in [0.1, 0.15) is 41.8 Å². The number of ketones is 1. The second-order valence-electron chi connectivity index (χ2n) is 4.97. The largest absolute Gasteiger partial charge is 0.494 e. The standard InChI is InChI=1S/C18H21NO2/c1-3-11-21-16-9-10-17(13(4-2)12-16)18(20)14-5-7-15(19)8-6-14/h5-10,12H,3-4,11,19H2,1-2H3. The molecule has 0 aromatic heterocycles. The highest BCUT2D eigenvalue weighted by Gasteiger charge is 2.13. The Morgan fingerprint density at radius 2 is 1.81 bits per heavy atom. The van der Waals surface area contributed by atoms with Gasteiger partial charge in [-0.3, -0.25) is 4.79 Å². The molecule has 3 nitrogen and oxygen atoms in total. The van der Waals surface area contributed by atoms with Crippen molar-refractivity contribution in [3.8, 4) is 5.75 Å². The van der Waals surface area contributed by atoms with Crippen LogP contribution >= 0.6 is 0 Å². The highest BCUT2D eigenvalue weighted by Crippen LogP contribution is 2.22. The number of rotatable bonds is 6. The van der Waals surface area contributed by atoms with E-state index in [1.807, 2.05) is 25.1 Å². The minimum atomic E-state index is 0.0221. The topological polar surface area (TPSA) is 52.3 Å². The second kappa shape index (κ2) is 6.93. The fourth-order valence-electron chi connectivity index (χ4n) is 2.18.